The smallest absolute Gasteiger partial charge is 0.136 e. The number of hydrogen-bond acceptors (Lipinski definition) is 2. The Morgan fingerprint density at radius 1 is 0.296 bits per heavy atom. The van der Waals surface area contributed by atoms with Gasteiger partial charge in [0.15, 0.2) is 0 Å². The zero-order valence-electron chi connectivity index (χ0n) is 29.6. The van der Waals surface area contributed by atoms with Gasteiger partial charge in [0, 0.05) is 27.7 Å². The van der Waals surface area contributed by atoms with Crippen LogP contribution in [0, 0.1) is 0 Å². The van der Waals surface area contributed by atoms with Crippen LogP contribution in [-0.2, 0) is 0 Å². The molecule has 0 saturated carbocycles. The van der Waals surface area contributed by atoms with Crippen LogP contribution in [0.3, 0.4) is 0 Å². The summed E-state index contributed by atoms with van der Waals surface area (Å²) in [6.07, 6.45) is 0. The van der Waals surface area contributed by atoms with E-state index in [0.717, 1.165) is 50.1 Å². The Morgan fingerprint density at radius 2 is 0.741 bits per heavy atom. The fourth-order valence-corrected chi connectivity index (χ4v) is 7.69. The van der Waals surface area contributed by atoms with E-state index < -0.39 is 0 Å². The van der Waals surface area contributed by atoms with E-state index in [4.69, 9.17) is 4.42 Å². The fourth-order valence-electron chi connectivity index (χ4n) is 7.69. The third-order valence-corrected chi connectivity index (χ3v) is 10.5. The maximum Gasteiger partial charge on any atom is 0.136 e. The standard InChI is InChI=1S/C52H35NO/c1-3-11-36(12-4-1)37-19-21-38(22-20-37)39-23-28-45(29-24-39)53(50-18-10-9-17-47(50)41-13-5-2-6-14-41)46-30-25-40(26-31-46)44-27-32-48-49-33-42-15-7-8-16-43(42)34-52(49)54-51(48)35-44/h1-35H. The van der Waals surface area contributed by atoms with Crippen molar-refractivity contribution in [3.8, 4) is 44.5 Å². The number of hydrogen-bond donors (Lipinski definition) is 0. The number of nitrogens with zero attached hydrogens (tertiary/aromatic N) is 1. The molecule has 0 N–H and O–H groups in total. The molecular weight excluding hydrogens is 655 g/mol. The molecule has 0 aliphatic rings. The summed E-state index contributed by atoms with van der Waals surface area (Å²) < 4.78 is 6.41. The van der Waals surface area contributed by atoms with Gasteiger partial charge >= 0.3 is 0 Å². The van der Waals surface area contributed by atoms with Crippen molar-refractivity contribution in [2.45, 2.75) is 0 Å². The topological polar surface area (TPSA) is 16.4 Å². The Hall–Kier alpha value is -7.16. The second kappa shape index (κ2) is 13.4. The van der Waals surface area contributed by atoms with Crippen LogP contribution in [0.5, 0.6) is 0 Å². The minimum absolute atomic E-state index is 0.898. The number of fused-ring (bicyclic) bond motifs is 4. The van der Waals surface area contributed by atoms with Crippen molar-refractivity contribution in [1.29, 1.82) is 0 Å². The fraction of sp³-hybridized carbons (Fsp3) is 0. The first-order valence-corrected chi connectivity index (χ1v) is 18.4. The summed E-state index contributed by atoms with van der Waals surface area (Å²) in [6, 6.07) is 75.8. The molecule has 0 unspecified atom stereocenters. The van der Waals surface area contributed by atoms with E-state index in [1.165, 1.54) is 44.2 Å². The normalized spacial score (nSPS) is 11.3. The van der Waals surface area contributed by atoms with Gasteiger partial charge < -0.3 is 9.32 Å². The second-order valence-corrected chi connectivity index (χ2v) is 13.8. The summed E-state index contributed by atoms with van der Waals surface area (Å²) in [6.45, 7) is 0. The van der Waals surface area contributed by atoms with E-state index >= 15 is 0 Å². The monoisotopic (exact) mass is 689 g/mol. The van der Waals surface area contributed by atoms with Crippen LogP contribution in [0.15, 0.2) is 217 Å². The van der Waals surface area contributed by atoms with Gasteiger partial charge in [-0.25, -0.2) is 0 Å². The van der Waals surface area contributed by atoms with Crippen molar-refractivity contribution in [1.82, 2.24) is 0 Å². The summed E-state index contributed by atoms with van der Waals surface area (Å²) in [5.41, 5.74) is 14.5. The molecule has 0 radical (unpaired) electrons. The van der Waals surface area contributed by atoms with E-state index in [1.54, 1.807) is 0 Å². The molecule has 0 aliphatic carbocycles. The molecule has 1 heterocycles. The lowest BCUT2D eigenvalue weighted by atomic mass is 9.99. The average molecular weight is 690 g/mol. The Kier molecular flexibility index (Phi) is 7.85. The highest BCUT2D eigenvalue weighted by Crippen LogP contribution is 2.42. The van der Waals surface area contributed by atoms with E-state index in [0.29, 0.717) is 0 Å². The molecular formula is C52H35NO. The molecule has 0 saturated heterocycles. The molecule has 0 amide bonds. The molecule has 254 valence electrons. The third kappa shape index (κ3) is 5.81. The lowest BCUT2D eigenvalue weighted by Crippen LogP contribution is -2.11. The zero-order valence-corrected chi connectivity index (χ0v) is 29.6. The van der Waals surface area contributed by atoms with Gasteiger partial charge in [0.25, 0.3) is 0 Å². The highest BCUT2D eigenvalue weighted by Gasteiger charge is 2.18. The number of benzene rings is 9. The molecule has 0 atom stereocenters. The zero-order chi connectivity index (χ0) is 35.8. The molecule has 2 heteroatoms. The quantitative estimate of drug-likeness (QED) is 0.166. The van der Waals surface area contributed by atoms with Gasteiger partial charge in [0.05, 0.1) is 5.69 Å². The first-order chi connectivity index (χ1) is 26.7. The van der Waals surface area contributed by atoms with Crippen LogP contribution in [0.25, 0.3) is 77.2 Å². The predicted octanol–water partition coefficient (Wildman–Crippen LogP) is 14.9. The Morgan fingerprint density at radius 3 is 1.37 bits per heavy atom. The molecule has 9 aromatic carbocycles. The summed E-state index contributed by atoms with van der Waals surface area (Å²) in [5.74, 6) is 0. The van der Waals surface area contributed by atoms with Crippen LogP contribution in [-0.4, -0.2) is 0 Å². The molecule has 0 bridgehead atoms. The minimum Gasteiger partial charge on any atom is -0.456 e. The maximum absolute atomic E-state index is 6.41. The molecule has 10 rings (SSSR count). The van der Waals surface area contributed by atoms with Crippen molar-refractivity contribution in [2.24, 2.45) is 0 Å². The highest BCUT2D eigenvalue weighted by molar-refractivity contribution is 6.10. The minimum atomic E-state index is 0.898. The van der Waals surface area contributed by atoms with Crippen molar-refractivity contribution in [3.63, 3.8) is 0 Å². The molecule has 2 nitrogen and oxygen atoms in total. The summed E-state index contributed by atoms with van der Waals surface area (Å²) in [4.78, 5) is 2.36. The summed E-state index contributed by atoms with van der Waals surface area (Å²) in [5, 5.41) is 4.69. The Balaban J connectivity index is 1.02. The number of furan rings is 1. The van der Waals surface area contributed by atoms with Gasteiger partial charge in [0.1, 0.15) is 11.2 Å². The van der Waals surface area contributed by atoms with Crippen molar-refractivity contribution < 1.29 is 4.42 Å². The molecule has 54 heavy (non-hydrogen) atoms. The van der Waals surface area contributed by atoms with Crippen LogP contribution in [0.1, 0.15) is 0 Å². The van der Waals surface area contributed by atoms with Crippen LogP contribution < -0.4 is 4.90 Å². The maximum atomic E-state index is 6.41. The molecule has 10 aromatic rings. The van der Waals surface area contributed by atoms with Crippen molar-refractivity contribution in [3.05, 3.63) is 212 Å². The van der Waals surface area contributed by atoms with Gasteiger partial charge in [-0.05, 0) is 104 Å². The molecule has 0 spiro atoms. The SMILES string of the molecule is c1ccc(-c2ccc(-c3ccc(N(c4ccc(-c5ccc6c(c5)oc5cc7ccccc7cc56)cc4)c4ccccc4-c4ccccc4)cc3)cc2)cc1. The van der Waals surface area contributed by atoms with Gasteiger partial charge in [-0.3, -0.25) is 0 Å². The van der Waals surface area contributed by atoms with Crippen LogP contribution in [0.2, 0.25) is 0 Å². The Bertz CT molecular complexity index is 2890. The largest absolute Gasteiger partial charge is 0.456 e. The molecule has 0 fully saturated rings. The average Bonchev–Trinajstić information content (AvgIpc) is 3.61. The van der Waals surface area contributed by atoms with Gasteiger partial charge in [-0.1, -0.05) is 158 Å². The van der Waals surface area contributed by atoms with Crippen molar-refractivity contribution >= 4 is 49.8 Å². The van der Waals surface area contributed by atoms with Gasteiger partial charge in [-0.2, -0.15) is 0 Å². The third-order valence-electron chi connectivity index (χ3n) is 10.5. The number of rotatable bonds is 7. The number of para-hydroxylation sites is 1. The second-order valence-electron chi connectivity index (χ2n) is 13.8. The Labute approximate surface area is 314 Å². The summed E-state index contributed by atoms with van der Waals surface area (Å²) >= 11 is 0. The van der Waals surface area contributed by atoms with Crippen LogP contribution >= 0.6 is 0 Å². The summed E-state index contributed by atoms with van der Waals surface area (Å²) in [7, 11) is 0. The lowest BCUT2D eigenvalue weighted by Gasteiger charge is -2.28. The van der Waals surface area contributed by atoms with Crippen molar-refractivity contribution in [2.75, 3.05) is 4.90 Å². The van der Waals surface area contributed by atoms with Gasteiger partial charge in [0.2, 0.25) is 0 Å². The van der Waals surface area contributed by atoms with E-state index in [9.17, 15) is 0 Å². The predicted molar refractivity (Wildman–Crippen MR) is 228 cm³/mol. The van der Waals surface area contributed by atoms with Gasteiger partial charge in [-0.15, -0.1) is 0 Å². The molecule has 1 aromatic heterocycles. The van der Waals surface area contributed by atoms with Crippen LogP contribution in [0.4, 0.5) is 17.1 Å². The lowest BCUT2D eigenvalue weighted by molar-refractivity contribution is 0.669. The number of anilines is 3. The van der Waals surface area contributed by atoms with E-state index in [-0.39, 0.29) is 0 Å². The van der Waals surface area contributed by atoms with E-state index in [2.05, 4.69) is 217 Å². The first kappa shape index (κ1) is 31.6. The first-order valence-electron chi connectivity index (χ1n) is 18.4. The molecule has 0 aliphatic heterocycles. The highest BCUT2D eigenvalue weighted by atomic mass is 16.3. The van der Waals surface area contributed by atoms with E-state index in [1.807, 2.05) is 0 Å².